The third kappa shape index (κ3) is 3.59. The highest BCUT2D eigenvalue weighted by atomic mass is 16.5. The second-order valence-electron chi connectivity index (χ2n) is 3.64. The minimum Gasteiger partial charge on any atom is -0.504 e. The van der Waals surface area contributed by atoms with Crippen molar-refractivity contribution >= 4 is 0 Å². The van der Waals surface area contributed by atoms with E-state index in [0.29, 0.717) is 12.4 Å². The van der Waals surface area contributed by atoms with E-state index in [1.54, 1.807) is 6.07 Å². The van der Waals surface area contributed by atoms with Gasteiger partial charge in [-0.05, 0) is 31.5 Å². The Morgan fingerprint density at radius 2 is 2.31 bits per heavy atom. The van der Waals surface area contributed by atoms with Gasteiger partial charge in [0.05, 0.1) is 6.61 Å². The first-order chi connectivity index (χ1) is 7.67. The maximum Gasteiger partial charge on any atom is 0.161 e. The van der Waals surface area contributed by atoms with E-state index in [-0.39, 0.29) is 11.8 Å². The molecule has 0 radical (unpaired) electrons. The molecule has 0 aliphatic heterocycles. The zero-order valence-corrected chi connectivity index (χ0v) is 9.86. The fraction of sp³-hybridized carbons (Fsp3) is 0.385. The number of aromatic hydroxyl groups is 1. The number of hydrogen-bond donors (Lipinski definition) is 2. The van der Waals surface area contributed by atoms with Crippen molar-refractivity contribution in [3.8, 4) is 11.5 Å². The summed E-state index contributed by atoms with van der Waals surface area (Å²) in [7, 11) is 0. The molecular formula is C13H19NO2. The Hall–Kier alpha value is -1.48. The topological polar surface area (TPSA) is 41.5 Å². The predicted molar refractivity (Wildman–Crippen MR) is 65.8 cm³/mol. The third-order valence-electron chi connectivity index (χ3n) is 2.31. The summed E-state index contributed by atoms with van der Waals surface area (Å²) in [6.45, 7) is 8.92. The molecule has 1 aromatic rings. The zero-order chi connectivity index (χ0) is 12.0. The van der Waals surface area contributed by atoms with Crippen LogP contribution in [-0.2, 0) is 6.54 Å². The van der Waals surface area contributed by atoms with Crippen LogP contribution in [0.25, 0.3) is 0 Å². The molecule has 1 aromatic carbocycles. The van der Waals surface area contributed by atoms with Crippen LogP contribution in [0.4, 0.5) is 0 Å². The highest BCUT2D eigenvalue weighted by molar-refractivity contribution is 5.41. The van der Waals surface area contributed by atoms with Crippen LogP contribution in [0.2, 0.25) is 0 Å². The number of benzene rings is 1. The number of hydrogen-bond acceptors (Lipinski definition) is 3. The Kier molecular flexibility index (Phi) is 4.86. The van der Waals surface area contributed by atoms with Gasteiger partial charge < -0.3 is 15.2 Å². The molecule has 1 unspecified atom stereocenters. The standard InChI is InChI=1S/C13H19NO2/c1-4-10(3)14-9-11-6-7-12(15)13(8-11)16-5-2/h4,6-8,10,14-15H,1,5,9H2,2-3H3. The van der Waals surface area contributed by atoms with E-state index in [0.717, 1.165) is 12.1 Å². The van der Waals surface area contributed by atoms with E-state index in [1.165, 1.54) is 0 Å². The van der Waals surface area contributed by atoms with Gasteiger partial charge in [0.2, 0.25) is 0 Å². The summed E-state index contributed by atoms with van der Waals surface area (Å²) in [6.07, 6.45) is 1.85. The fourth-order valence-electron chi connectivity index (χ4n) is 1.30. The number of phenolic OH excluding ortho intramolecular Hbond substituents is 1. The Bertz CT molecular complexity index is 350. The Balaban J connectivity index is 2.66. The Morgan fingerprint density at radius 3 is 2.94 bits per heavy atom. The lowest BCUT2D eigenvalue weighted by Gasteiger charge is -2.11. The fourth-order valence-corrected chi connectivity index (χ4v) is 1.30. The minimum absolute atomic E-state index is 0.183. The van der Waals surface area contributed by atoms with Crippen LogP contribution < -0.4 is 10.1 Å². The van der Waals surface area contributed by atoms with E-state index in [9.17, 15) is 5.11 Å². The van der Waals surface area contributed by atoms with Gasteiger partial charge in [0.15, 0.2) is 11.5 Å². The smallest absolute Gasteiger partial charge is 0.161 e. The normalized spacial score (nSPS) is 12.1. The molecule has 88 valence electrons. The van der Waals surface area contributed by atoms with E-state index in [1.807, 2.05) is 32.1 Å². The molecule has 0 aliphatic carbocycles. The van der Waals surface area contributed by atoms with Gasteiger partial charge in [-0.1, -0.05) is 12.1 Å². The molecule has 0 saturated carbocycles. The van der Waals surface area contributed by atoms with E-state index in [2.05, 4.69) is 11.9 Å². The van der Waals surface area contributed by atoms with Gasteiger partial charge in [-0.25, -0.2) is 0 Å². The zero-order valence-electron chi connectivity index (χ0n) is 9.86. The van der Waals surface area contributed by atoms with Gasteiger partial charge in [-0.2, -0.15) is 0 Å². The minimum atomic E-state index is 0.183. The molecule has 0 spiro atoms. The lowest BCUT2D eigenvalue weighted by molar-refractivity contribution is 0.317. The first-order valence-corrected chi connectivity index (χ1v) is 5.48. The van der Waals surface area contributed by atoms with Crippen molar-refractivity contribution in [1.29, 1.82) is 0 Å². The molecule has 0 saturated heterocycles. The van der Waals surface area contributed by atoms with Gasteiger partial charge in [-0.15, -0.1) is 6.58 Å². The van der Waals surface area contributed by atoms with Crippen LogP contribution in [0, 0.1) is 0 Å². The van der Waals surface area contributed by atoms with Gasteiger partial charge in [0.25, 0.3) is 0 Å². The van der Waals surface area contributed by atoms with E-state index >= 15 is 0 Å². The van der Waals surface area contributed by atoms with Crippen molar-refractivity contribution in [2.75, 3.05) is 6.61 Å². The molecular weight excluding hydrogens is 202 g/mol. The number of rotatable bonds is 6. The number of nitrogens with one attached hydrogen (secondary N) is 1. The van der Waals surface area contributed by atoms with Crippen LogP contribution in [-0.4, -0.2) is 17.8 Å². The summed E-state index contributed by atoms with van der Waals surface area (Å²) in [5.41, 5.74) is 1.08. The van der Waals surface area contributed by atoms with Crippen molar-refractivity contribution in [3.63, 3.8) is 0 Å². The van der Waals surface area contributed by atoms with Gasteiger partial charge in [0, 0.05) is 12.6 Å². The lowest BCUT2D eigenvalue weighted by atomic mass is 10.2. The van der Waals surface area contributed by atoms with Gasteiger partial charge >= 0.3 is 0 Å². The summed E-state index contributed by atoms with van der Waals surface area (Å²) >= 11 is 0. The highest BCUT2D eigenvalue weighted by Crippen LogP contribution is 2.26. The van der Waals surface area contributed by atoms with Crippen LogP contribution in [0.15, 0.2) is 30.9 Å². The maximum absolute atomic E-state index is 9.53. The molecule has 0 aromatic heterocycles. The molecule has 16 heavy (non-hydrogen) atoms. The molecule has 0 heterocycles. The second-order valence-corrected chi connectivity index (χ2v) is 3.64. The predicted octanol–water partition coefficient (Wildman–Crippen LogP) is 2.46. The summed E-state index contributed by atoms with van der Waals surface area (Å²) in [5, 5.41) is 12.8. The van der Waals surface area contributed by atoms with Crippen molar-refractivity contribution < 1.29 is 9.84 Å². The first kappa shape index (κ1) is 12.6. The van der Waals surface area contributed by atoms with Crippen LogP contribution in [0.5, 0.6) is 11.5 Å². The van der Waals surface area contributed by atoms with Crippen molar-refractivity contribution in [1.82, 2.24) is 5.32 Å². The molecule has 1 atom stereocenters. The molecule has 0 amide bonds. The van der Waals surface area contributed by atoms with Crippen molar-refractivity contribution in [2.24, 2.45) is 0 Å². The molecule has 2 N–H and O–H groups in total. The van der Waals surface area contributed by atoms with Crippen molar-refractivity contribution in [3.05, 3.63) is 36.4 Å². The molecule has 0 fully saturated rings. The van der Waals surface area contributed by atoms with E-state index < -0.39 is 0 Å². The summed E-state index contributed by atoms with van der Waals surface area (Å²) in [4.78, 5) is 0. The van der Waals surface area contributed by atoms with Crippen molar-refractivity contribution in [2.45, 2.75) is 26.4 Å². The molecule has 0 aliphatic rings. The number of ether oxygens (including phenoxy) is 1. The van der Waals surface area contributed by atoms with Crippen LogP contribution >= 0.6 is 0 Å². The van der Waals surface area contributed by atoms with Crippen LogP contribution in [0.1, 0.15) is 19.4 Å². The quantitative estimate of drug-likeness (QED) is 0.725. The third-order valence-corrected chi connectivity index (χ3v) is 2.31. The van der Waals surface area contributed by atoms with Gasteiger partial charge in [-0.3, -0.25) is 0 Å². The molecule has 1 rings (SSSR count). The Labute approximate surface area is 96.8 Å². The second kappa shape index (κ2) is 6.18. The summed E-state index contributed by atoms with van der Waals surface area (Å²) in [5.74, 6) is 0.718. The molecule has 3 heteroatoms. The number of phenols is 1. The lowest BCUT2D eigenvalue weighted by Crippen LogP contribution is -2.22. The van der Waals surface area contributed by atoms with Crippen LogP contribution in [0.3, 0.4) is 0 Å². The summed E-state index contributed by atoms with van der Waals surface area (Å²) < 4.78 is 5.31. The monoisotopic (exact) mass is 221 g/mol. The first-order valence-electron chi connectivity index (χ1n) is 5.48. The molecule has 0 bridgehead atoms. The Morgan fingerprint density at radius 1 is 1.56 bits per heavy atom. The largest absolute Gasteiger partial charge is 0.504 e. The summed E-state index contributed by atoms with van der Waals surface area (Å²) in [6, 6.07) is 5.65. The average Bonchev–Trinajstić information content (AvgIpc) is 2.30. The SMILES string of the molecule is C=CC(C)NCc1ccc(O)c(OCC)c1. The van der Waals surface area contributed by atoms with Gasteiger partial charge in [0.1, 0.15) is 0 Å². The highest BCUT2D eigenvalue weighted by Gasteiger charge is 2.03. The maximum atomic E-state index is 9.53. The average molecular weight is 221 g/mol. The van der Waals surface area contributed by atoms with E-state index in [4.69, 9.17) is 4.74 Å². The molecule has 3 nitrogen and oxygen atoms in total.